The zero-order valence-electron chi connectivity index (χ0n) is 16.3. The molecule has 0 aromatic heterocycles. The first-order valence-electron chi connectivity index (χ1n) is 9.99. The van der Waals surface area contributed by atoms with Crippen LogP contribution in [-0.4, -0.2) is 36.0 Å². The molecule has 5 nitrogen and oxygen atoms in total. The van der Waals surface area contributed by atoms with Gasteiger partial charge in [0.25, 0.3) is 0 Å². The van der Waals surface area contributed by atoms with Gasteiger partial charge in [-0.2, -0.15) is 0 Å². The van der Waals surface area contributed by atoms with Crippen molar-refractivity contribution in [3.05, 3.63) is 34.9 Å². The van der Waals surface area contributed by atoms with E-state index in [0.29, 0.717) is 24.0 Å². The third-order valence-corrected chi connectivity index (χ3v) is 6.48. The lowest BCUT2D eigenvalue weighted by Gasteiger charge is -2.38. The van der Waals surface area contributed by atoms with Crippen LogP contribution in [-0.2, 0) is 10.3 Å². The second kappa shape index (κ2) is 8.51. The highest BCUT2D eigenvalue weighted by Gasteiger charge is 2.39. The molecule has 0 bridgehead atoms. The van der Waals surface area contributed by atoms with Crippen molar-refractivity contribution in [1.29, 1.82) is 0 Å². The third-order valence-electron chi connectivity index (χ3n) is 6.24. The molecule has 1 atom stereocenters. The molecule has 1 unspecified atom stereocenters. The Kier molecular flexibility index (Phi) is 6.30. The number of amides is 3. The number of rotatable bonds is 4. The fourth-order valence-corrected chi connectivity index (χ4v) is 4.71. The van der Waals surface area contributed by atoms with Gasteiger partial charge in [-0.05, 0) is 56.2 Å². The number of carbonyl (C=O) groups excluding carboxylic acids is 2. The van der Waals surface area contributed by atoms with E-state index in [0.717, 1.165) is 31.2 Å². The summed E-state index contributed by atoms with van der Waals surface area (Å²) in [6, 6.07) is 7.80. The van der Waals surface area contributed by atoms with Gasteiger partial charge < -0.3 is 15.5 Å². The zero-order chi connectivity index (χ0) is 19.4. The standard InChI is InChI=1S/C21H30ClN3O2/c1-15(26)25-12-10-19(11-13-25)23-20(27)24-21(2,16-6-3-4-7-16)17-8-5-9-18(22)14-17/h5,8-9,14,16,19H,3-4,6-7,10-13H2,1-2H3,(H2,23,24,27). The first kappa shape index (κ1) is 20.0. The average molecular weight is 392 g/mol. The van der Waals surface area contributed by atoms with Gasteiger partial charge >= 0.3 is 6.03 Å². The molecule has 0 spiro atoms. The summed E-state index contributed by atoms with van der Waals surface area (Å²) in [6.07, 6.45) is 6.22. The molecule has 1 saturated heterocycles. The molecular formula is C21H30ClN3O2. The van der Waals surface area contributed by atoms with Crippen molar-refractivity contribution in [1.82, 2.24) is 15.5 Å². The summed E-state index contributed by atoms with van der Waals surface area (Å²) in [5.74, 6) is 0.508. The van der Waals surface area contributed by atoms with E-state index >= 15 is 0 Å². The van der Waals surface area contributed by atoms with Gasteiger partial charge in [0, 0.05) is 31.1 Å². The maximum Gasteiger partial charge on any atom is 0.315 e. The van der Waals surface area contributed by atoms with E-state index in [2.05, 4.69) is 23.6 Å². The highest BCUT2D eigenvalue weighted by molar-refractivity contribution is 6.30. The summed E-state index contributed by atoms with van der Waals surface area (Å²) < 4.78 is 0. The van der Waals surface area contributed by atoms with Crippen LogP contribution < -0.4 is 10.6 Å². The number of halogens is 1. The van der Waals surface area contributed by atoms with Crippen molar-refractivity contribution >= 4 is 23.5 Å². The lowest BCUT2D eigenvalue weighted by atomic mass is 9.78. The molecule has 1 aromatic carbocycles. The van der Waals surface area contributed by atoms with Crippen LogP contribution in [0.5, 0.6) is 0 Å². The Balaban J connectivity index is 1.67. The number of hydrogen-bond donors (Lipinski definition) is 2. The van der Waals surface area contributed by atoms with Crippen molar-refractivity contribution in [2.24, 2.45) is 5.92 Å². The van der Waals surface area contributed by atoms with E-state index in [1.165, 1.54) is 12.8 Å². The van der Waals surface area contributed by atoms with Crippen LogP contribution in [0.3, 0.4) is 0 Å². The number of piperidine rings is 1. The lowest BCUT2D eigenvalue weighted by Crippen LogP contribution is -2.55. The maximum absolute atomic E-state index is 12.8. The van der Waals surface area contributed by atoms with Gasteiger partial charge in [-0.15, -0.1) is 0 Å². The van der Waals surface area contributed by atoms with E-state index in [1.807, 2.05) is 23.1 Å². The van der Waals surface area contributed by atoms with Gasteiger partial charge in [0.2, 0.25) is 5.91 Å². The smallest absolute Gasteiger partial charge is 0.315 e. The van der Waals surface area contributed by atoms with Crippen LogP contribution in [0.4, 0.5) is 4.79 Å². The second-order valence-electron chi connectivity index (χ2n) is 8.07. The number of hydrogen-bond acceptors (Lipinski definition) is 2. The SMILES string of the molecule is CC(=O)N1CCC(NC(=O)NC(C)(c2cccc(Cl)c2)C2CCCC2)CC1. The molecule has 148 valence electrons. The van der Waals surface area contributed by atoms with Crippen molar-refractivity contribution < 1.29 is 9.59 Å². The molecule has 6 heteroatoms. The summed E-state index contributed by atoms with van der Waals surface area (Å²) in [6.45, 7) is 5.12. The summed E-state index contributed by atoms with van der Waals surface area (Å²) >= 11 is 6.23. The maximum atomic E-state index is 12.8. The Morgan fingerprint density at radius 3 is 2.41 bits per heavy atom. The Labute approximate surface area is 166 Å². The Morgan fingerprint density at radius 2 is 1.81 bits per heavy atom. The molecule has 1 heterocycles. The van der Waals surface area contributed by atoms with Gasteiger partial charge in [0.05, 0.1) is 5.54 Å². The fourth-order valence-electron chi connectivity index (χ4n) is 4.52. The first-order valence-corrected chi connectivity index (χ1v) is 10.4. The largest absolute Gasteiger partial charge is 0.343 e. The van der Waals surface area contributed by atoms with E-state index in [-0.39, 0.29) is 18.0 Å². The molecule has 1 aliphatic heterocycles. The predicted octanol–water partition coefficient (Wildman–Crippen LogP) is 4.06. The van der Waals surface area contributed by atoms with E-state index in [9.17, 15) is 9.59 Å². The Hall–Kier alpha value is -1.75. The van der Waals surface area contributed by atoms with Crippen LogP contribution in [0.15, 0.2) is 24.3 Å². The van der Waals surface area contributed by atoms with Crippen LogP contribution >= 0.6 is 11.6 Å². The van der Waals surface area contributed by atoms with E-state index in [1.54, 1.807) is 6.92 Å². The summed E-state index contributed by atoms with van der Waals surface area (Å²) in [5.41, 5.74) is 0.620. The predicted molar refractivity (Wildman–Crippen MR) is 108 cm³/mol. The van der Waals surface area contributed by atoms with E-state index in [4.69, 9.17) is 11.6 Å². The van der Waals surface area contributed by atoms with Crippen LogP contribution in [0.2, 0.25) is 5.02 Å². The molecule has 3 rings (SSSR count). The normalized spacial score (nSPS) is 20.9. The summed E-state index contributed by atoms with van der Waals surface area (Å²) in [5, 5.41) is 7.08. The minimum atomic E-state index is -0.439. The third kappa shape index (κ3) is 4.75. The van der Waals surface area contributed by atoms with Gasteiger partial charge in [-0.3, -0.25) is 4.79 Å². The number of urea groups is 1. The summed E-state index contributed by atoms with van der Waals surface area (Å²) in [7, 11) is 0. The molecule has 0 radical (unpaired) electrons. The molecule has 2 N–H and O–H groups in total. The van der Waals surface area contributed by atoms with Gasteiger partial charge in [0.1, 0.15) is 0 Å². The van der Waals surface area contributed by atoms with Crippen LogP contribution in [0, 0.1) is 5.92 Å². The lowest BCUT2D eigenvalue weighted by molar-refractivity contribution is -0.129. The van der Waals surface area contributed by atoms with E-state index < -0.39 is 5.54 Å². The minimum absolute atomic E-state index is 0.104. The van der Waals surface area contributed by atoms with Crippen molar-refractivity contribution in [3.8, 4) is 0 Å². The molecule has 1 aliphatic carbocycles. The van der Waals surface area contributed by atoms with Crippen molar-refractivity contribution in [3.63, 3.8) is 0 Å². The Bertz CT molecular complexity index is 682. The van der Waals surface area contributed by atoms with Crippen LogP contribution in [0.1, 0.15) is 57.9 Å². The van der Waals surface area contributed by atoms with Gasteiger partial charge in [0.15, 0.2) is 0 Å². The molecule has 1 aromatic rings. The number of benzene rings is 1. The number of nitrogens with zero attached hydrogens (tertiary/aromatic N) is 1. The Morgan fingerprint density at radius 1 is 1.15 bits per heavy atom. The zero-order valence-corrected chi connectivity index (χ0v) is 17.0. The molecule has 2 fully saturated rings. The molecule has 3 amide bonds. The minimum Gasteiger partial charge on any atom is -0.343 e. The number of nitrogens with one attached hydrogen (secondary N) is 2. The first-order chi connectivity index (χ1) is 12.9. The van der Waals surface area contributed by atoms with Crippen LogP contribution in [0.25, 0.3) is 0 Å². The average Bonchev–Trinajstić information content (AvgIpc) is 3.17. The topological polar surface area (TPSA) is 61.4 Å². The fraction of sp³-hybridized carbons (Fsp3) is 0.619. The highest BCUT2D eigenvalue weighted by Crippen LogP contribution is 2.40. The highest BCUT2D eigenvalue weighted by atomic mass is 35.5. The molecule has 2 aliphatic rings. The molecule has 1 saturated carbocycles. The van der Waals surface area contributed by atoms with Gasteiger partial charge in [-0.1, -0.05) is 36.6 Å². The second-order valence-corrected chi connectivity index (χ2v) is 8.51. The number of carbonyl (C=O) groups is 2. The molecular weight excluding hydrogens is 362 g/mol. The quantitative estimate of drug-likeness (QED) is 0.813. The number of likely N-dealkylation sites (tertiary alicyclic amines) is 1. The molecule has 27 heavy (non-hydrogen) atoms. The van der Waals surface area contributed by atoms with Crippen molar-refractivity contribution in [2.45, 2.75) is 64.0 Å². The summed E-state index contributed by atoms with van der Waals surface area (Å²) in [4.78, 5) is 26.1. The monoisotopic (exact) mass is 391 g/mol. The van der Waals surface area contributed by atoms with Crippen molar-refractivity contribution in [2.75, 3.05) is 13.1 Å². The van der Waals surface area contributed by atoms with Gasteiger partial charge in [-0.25, -0.2) is 4.79 Å².